The van der Waals surface area contributed by atoms with E-state index in [1.165, 1.54) is 41.6 Å². The summed E-state index contributed by atoms with van der Waals surface area (Å²) in [4.78, 5) is 14.5. The lowest BCUT2D eigenvalue weighted by molar-refractivity contribution is -0.0440. The summed E-state index contributed by atoms with van der Waals surface area (Å²) in [6.45, 7) is 4.06. The first kappa shape index (κ1) is 24.3. The van der Waals surface area contributed by atoms with Crippen molar-refractivity contribution < 1.29 is 27.4 Å². The maximum atomic E-state index is 13.3. The highest BCUT2D eigenvalue weighted by Gasteiger charge is 2.34. The first-order chi connectivity index (χ1) is 15.1. The lowest BCUT2D eigenvalue weighted by Gasteiger charge is -2.34. The molecule has 1 saturated heterocycles. The molecule has 1 fully saturated rings. The van der Waals surface area contributed by atoms with Gasteiger partial charge in [-0.15, -0.1) is 0 Å². The van der Waals surface area contributed by atoms with Gasteiger partial charge >= 0.3 is 0 Å². The summed E-state index contributed by atoms with van der Waals surface area (Å²) in [5.41, 5.74) is 0.752. The van der Waals surface area contributed by atoms with Crippen molar-refractivity contribution in [3.8, 4) is 11.5 Å². The van der Waals surface area contributed by atoms with E-state index in [9.17, 15) is 13.2 Å². The topological polar surface area (TPSA) is 85.4 Å². The monoisotopic (exact) mass is 482 g/mol. The fourth-order valence-electron chi connectivity index (χ4n) is 3.64. The maximum absolute atomic E-state index is 13.3. The smallest absolute Gasteiger partial charge is 0.258 e. The van der Waals surface area contributed by atoms with Gasteiger partial charge in [-0.25, -0.2) is 8.42 Å². The molecular formula is C22H27ClN2O6S. The van der Waals surface area contributed by atoms with Crippen LogP contribution in [0, 0.1) is 0 Å². The number of amides is 1. The van der Waals surface area contributed by atoms with Crippen LogP contribution in [-0.4, -0.2) is 65.2 Å². The fourth-order valence-corrected chi connectivity index (χ4v) is 5.74. The van der Waals surface area contributed by atoms with E-state index >= 15 is 0 Å². The Morgan fingerprint density at radius 2 is 1.69 bits per heavy atom. The number of benzene rings is 2. The zero-order valence-electron chi connectivity index (χ0n) is 18.7. The molecule has 1 heterocycles. The number of hydrogen-bond donors (Lipinski definition) is 0. The number of methoxy groups -OCH3 is 2. The van der Waals surface area contributed by atoms with E-state index in [0.29, 0.717) is 17.2 Å². The zero-order valence-corrected chi connectivity index (χ0v) is 20.2. The second kappa shape index (κ2) is 9.66. The normalized spacial score (nSPS) is 19.4. The van der Waals surface area contributed by atoms with Gasteiger partial charge in [0.1, 0.15) is 4.90 Å². The number of sulfonamides is 1. The molecule has 0 spiro atoms. The van der Waals surface area contributed by atoms with E-state index in [1.54, 1.807) is 25.2 Å². The molecule has 1 aliphatic heterocycles. The molecule has 10 heteroatoms. The number of anilines is 1. The third kappa shape index (κ3) is 4.85. The first-order valence-electron chi connectivity index (χ1n) is 10.0. The van der Waals surface area contributed by atoms with Gasteiger partial charge in [0, 0.05) is 37.5 Å². The zero-order chi connectivity index (χ0) is 23.6. The number of morpholine rings is 1. The molecule has 1 amide bonds. The third-order valence-corrected chi connectivity index (χ3v) is 7.55. The SMILES string of the molecule is COc1ccc(N(C)C(=O)c2ccc(Cl)c(S(=O)(=O)N3CC(C)OC(C)C3)c2)cc1OC. The highest BCUT2D eigenvalue weighted by atomic mass is 35.5. The van der Waals surface area contributed by atoms with Crippen molar-refractivity contribution >= 4 is 33.2 Å². The quantitative estimate of drug-likeness (QED) is 0.627. The minimum atomic E-state index is -3.91. The van der Waals surface area contributed by atoms with E-state index in [0.717, 1.165) is 0 Å². The molecule has 2 aromatic rings. The fraction of sp³-hybridized carbons (Fsp3) is 0.409. The molecular weight excluding hydrogens is 456 g/mol. The largest absolute Gasteiger partial charge is 0.493 e. The van der Waals surface area contributed by atoms with Gasteiger partial charge in [0.25, 0.3) is 5.91 Å². The molecule has 0 saturated carbocycles. The van der Waals surface area contributed by atoms with Crippen LogP contribution in [0.1, 0.15) is 24.2 Å². The Morgan fingerprint density at radius 3 is 2.28 bits per heavy atom. The predicted octanol–water partition coefficient (Wildman–Crippen LogP) is 3.43. The van der Waals surface area contributed by atoms with E-state index in [1.807, 2.05) is 13.8 Å². The molecule has 2 unspecified atom stereocenters. The maximum Gasteiger partial charge on any atom is 0.258 e. The first-order valence-corrected chi connectivity index (χ1v) is 11.9. The average molecular weight is 483 g/mol. The molecule has 32 heavy (non-hydrogen) atoms. The van der Waals surface area contributed by atoms with E-state index in [2.05, 4.69) is 0 Å². The van der Waals surface area contributed by atoms with Gasteiger partial charge in [0.15, 0.2) is 11.5 Å². The van der Waals surface area contributed by atoms with Gasteiger partial charge in [-0.1, -0.05) is 11.6 Å². The van der Waals surface area contributed by atoms with Crippen LogP contribution in [0.25, 0.3) is 0 Å². The Balaban J connectivity index is 1.93. The van der Waals surface area contributed by atoms with Crippen LogP contribution >= 0.6 is 11.6 Å². The molecule has 2 atom stereocenters. The van der Waals surface area contributed by atoms with Gasteiger partial charge < -0.3 is 19.1 Å². The summed E-state index contributed by atoms with van der Waals surface area (Å²) in [5, 5.41) is 0.0575. The standard InChI is InChI=1S/C22H27ClN2O6S/c1-14-12-25(13-15(2)31-14)32(27,28)21-10-16(6-8-18(21)23)22(26)24(3)17-7-9-19(29-4)20(11-17)30-5/h6-11,14-15H,12-13H2,1-5H3. The molecule has 3 rings (SSSR count). The summed E-state index contributed by atoms with van der Waals surface area (Å²) < 4.78 is 44.1. The Kier molecular flexibility index (Phi) is 7.34. The highest BCUT2D eigenvalue weighted by Crippen LogP contribution is 2.32. The van der Waals surface area contributed by atoms with Crippen LogP contribution < -0.4 is 14.4 Å². The molecule has 0 aromatic heterocycles. The average Bonchev–Trinajstić information content (AvgIpc) is 2.77. The number of nitrogens with zero attached hydrogens (tertiary/aromatic N) is 2. The second-order valence-corrected chi connectivity index (χ2v) is 9.94. The number of carbonyl (C=O) groups excluding carboxylic acids is 1. The van der Waals surface area contributed by atoms with Gasteiger partial charge in [-0.2, -0.15) is 4.31 Å². The van der Waals surface area contributed by atoms with Crippen LogP contribution in [0.3, 0.4) is 0 Å². The van der Waals surface area contributed by atoms with E-state index < -0.39 is 15.9 Å². The molecule has 0 radical (unpaired) electrons. The third-order valence-electron chi connectivity index (χ3n) is 5.24. The van der Waals surface area contributed by atoms with Gasteiger partial charge in [0.05, 0.1) is 31.5 Å². The van der Waals surface area contributed by atoms with Crippen molar-refractivity contribution in [1.82, 2.24) is 4.31 Å². The van der Waals surface area contributed by atoms with Gasteiger partial charge in [-0.3, -0.25) is 4.79 Å². The van der Waals surface area contributed by atoms with E-state index in [4.69, 9.17) is 25.8 Å². The van der Waals surface area contributed by atoms with Crippen LogP contribution in [0.2, 0.25) is 5.02 Å². The molecule has 1 aliphatic rings. The Labute approximate surface area is 193 Å². The summed E-state index contributed by atoms with van der Waals surface area (Å²) in [7, 11) is 0.717. The van der Waals surface area contributed by atoms with Crippen LogP contribution in [0.5, 0.6) is 11.5 Å². The molecule has 2 aromatic carbocycles. The minimum Gasteiger partial charge on any atom is -0.493 e. The van der Waals surface area contributed by atoms with E-state index in [-0.39, 0.29) is 40.8 Å². The summed E-state index contributed by atoms with van der Waals surface area (Å²) in [6.07, 6.45) is -0.485. The van der Waals surface area contributed by atoms with Crippen molar-refractivity contribution in [2.24, 2.45) is 0 Å². The molecule has 8 nitrogen and oxygen atoms in total. The molecule has 0 N–H and O–H groups in total. The van der Waals surface area contributed by atoms with Crippen molar-refractivity contribution in [3.05, 3.63) is 47.0 Å². The molecule has 174 valence electrons. The van der Waals surface area contributed by atoms with Crippen molar-refractivity contribution in [2.75, 3.05) is 39.3 Å². The number of carbonyl (C=O) groups is 1. The summed E-state index contributed by atoms with van der Waals surface area (Å²) >= 11 is 6.25. The van der Waals surface area contributed by atoms with Gasteiger partial charge in [0.2, 0.25) is 10.0 Å². The highest BCUT2D eigenvalue weighted by molar-refractivity contribution is 7.89. The lowest BCUT2D eigenvalue weighted by Crippen LogP contribution is -2.48. The van der Waals surface area contributed by atoms with Crippen molar-refractivity contribution in [2.45, 2.75) is 31.0 Å². The summed E-state index contributed by atoms with van der Waals surface area (Å²) in [6, 6.07) is 9.32. The second-order valence-electron chi connectivity index (χ2n) is 7.63. The van der Waals surface area contributed by atoms with Crippen LogP contribution in [0.15, 0.2) is 41.3 Å². The number of hydrogen-bond acceptors (Lipinski definition) is 6. The summed E-state index contributed by atoms with van der Waals surface area (Å²) in [5.74, 6) is 0.611. The van der Waals surface area contributed by atoms with Gasteiger partial charge in [-0.05, 0) is 44.2 Å². The lowest BCUT2D eigenvalue weighted by atomic mass is 10.2. The molecule has 0 bridgehead atoms. The van der Waals surface area contributed by atoms with Crippen LogP contribution in [-0.2, 0) is 14.8 Å². The Hall–Kier alpha value is -2.33. The molecule has 0 aliphatic carbocycles. The predicted molar refractivity (Wildman–Crippen MR) is 122 cm³/mol. The van der Waals surface area contributed by atoms with Crippen LogP contribution in [0.4, 0.5) is 5.69 Å². The number of ether oxygens (including phenoxy) is 3. The number of rotatable bonds is 6. The Morgan fingerprint density at radius 1 is 1.06 bits per heavy atom. The van der Waals surface area contributed by atoms with Crippen molar-refractivity contribution in [3.63, 3.8) is 0 Å². The Bertz CT molecular complexity index is 1100. The minimum absolute atomic E-state index is 0.0575. The van der Waals surface area contributed by atoms with Crippen molar-refractivity contribution in [1.29, 1.82) is 0 Å². The number of halogens is 1.